The molecule has 1 aliphatic carbocycles. The molecule has 2 aliphatic rings. The third-order valence-electron chi connectivity index (χ3n) is 4.24. The van der Waals surface area contributed by atoms with Crippen molar-refractivity contribution in [2.45, 2.75) is 50.4 Å². The summed E-state index contributed by atoms with van der Waals surface area (Å²) in [5.74, 6) is 0.359. The van der Waals surface area contributed by atoms with Crippen LogP contribution in [0, 0.1) is 5.92 Å². The fourth-order valence-corrected chi connectivity index (χ4v) is 3.13. The third kappa shape index (κ3) is 5.28. The second-order valence-corrected chi connectivity index (χ2v) is 6.02. The van der Waals surface area contributed by atoms with E-state index in [9.17, 15) is 13.2 Å². The van der Waals surface area contributed by atoms with E-state index in [1.54, 1.807) is 0 Å². The van der Waals surface area contributed by atoms with Crippen LogP contribution in [0.2, 0.25) is 0 Å². The first-order valence-electron chi connectivity index (χ1n) is 7.20. The van der Waals surface area contributed by atoms with Crippen LogP contribution in [0.3, 0.4) is 0 Å². The maximum atomic E-state index is 12.3. The van der Waals surface area contributed by atoms with Crippen LogP contribution in [0.25, 0.3) is 0 Å². The number of hydrogen-bond donors (Lipinski definition) is 2. The molecule has 0 bridgehead atoms. The summed E-state index contributed by atoms with van der Waals surface area (Å²) in [6.07, 6.45) is 1.11. The summed E-state index contributed by atoms with van der Waals surface area (Å²) >= 11 is 0. The van der Waals surface area contributed by atoms with Crippen LogP contribution in [-0.2, 0) is 0 Å². The Morgan fingerprint density at radius 2 is 1.79 bits per heavy atom. The summed E-state index contributed by atoms with van der Waals surface area (Å²) in [6.45, 7) is 1.22. The lowest BCUT2D eigenvalue weighted by molar-refractivity contribution is -0.143. The molecule has 6 heteroatoms. The highest BCUT2D eigenvalue weighted by molar-refractivity contribution is 4.83. The van der Waals surface area contributed by atoms with E-state index < -0.39 is 12.7 Å². The molecule has 0 spiro atoms. The van der Waals surface area contributed by atoms with Gasteiger partial charge in [-0.25, -0.2) is 0 Å². The molecule has 1 unspecified atom stereocenters. The summed E-state index contributed by atoms with van der Waals surface area (Å²) in [5.41, 5.74) is 5.85. The predicted molar refractivity (Wildman–Crippen MR) is 68.8 cm³/mol. The van der Waals surface area contributed by atoms with Gasteiger partial charge in [-0.15, -0.1) is 0 Å². The maximum absolute atomic E-state index is 12.3. The average Bonchev–Trinajstić information content (AvgIpc) is 2.73. The molecule has 19 heavy (non-hydrogen) atoms. The van der Waals surface area contributed by atoms with Crippen molar-refractivity contribution in [3.8, 4) is 0 Å². The average molecular weight is 279 g/mol. The topological polar surface area (TPSA) is 41.3 Å². The van der Waals surface area contributed by atoms with E-state index in [4.69, 9.17) is 5.73 Å². The minimum atomic E-state index is -4.07. The summed E-state index contributed by atoms with van der Waals surface area (Å²) in [4.78, 5) is 1.52. The Labute approximate surface area is 112 Å². The molecule has 0 aromatic carbocycles. The molecular weight excluding hydrogens is 255 g/mol. The Hall–Kier alpha value is -0.330. The van der Waals surface area contributed by atoms with E-state index in [0.29, 0.717) is 31.1 Å². The summed E-state index contributed by atoms with van der Waals surface area (Å²) in [6, 6.07) is 0.850. The lowest BCUT2D eigenvalue weighted by Crippen LogP contribution is -2.40. The Bertz CT molecular complexity index is 275. The van der Waals surface area contributed by atoms with Gasteiger partial charge in [0.15, 0.2) is 0 Å². The fraction of sp³-hybridized carbons (Fsp3) is 1.00. The van der Waals surface area contributed by atoms with Gasteiger partial charge in [-0.05, 0) is 51.1 Å². The highest BCUT2D eigenvalue weighted by Gasteiger charge is 2.34. The number of nitrogens with zero attached hydrogens (tertiary/aromatic N) is 1. The molecule has 1 heterocycles. The highest BCUT2D eigenvalue weighted by Crippen LogP contribution is 2.23. The number of halogens is 3. The minimum Gasteiger partial charge on any atom is -0.328 e. The highest BCUT2D eigenvalue weighted by atomic mass is 19.4. The Kier molecular flexibility index (Phi) is 5.09. The number of nitrogens with two attached hydrogens (primary N) is 1. The summed E-state index contributed by atoms with van der Waals surface area (Å²) in [7, 11) is 0. The van der Waals surface area contributed by atoms with Crippen LogP contribution < -0.4 is 11.1 Å². The molecule has 2 rings (SSSR count). The lowest BCUT2D eigenvalue weighted by Gasteiger charge is -2.28. The van der Waals surface area contributed by atoms with E-state index in [-0.39, 0.29) is 0 Å². The number of hydrogen-bond acceptors (Lipinski definition) is 3. The first-order chi connectivity index (χ1) is 8.92. The Balaban J connectivity index is 1.62. The van der Waals surface area contributed by atoms with E-state index >= 15 is 0 Å². The number of nitrogens with one attached hydrogen (secondary N) is 1. The van der Waals surface area contributed by atoms with Gasteiger partial charge in [-0.2, -0.15) is 13.2 Å². The summed E-state index contributed by atoms with van der Waals surface area (Å²) in [5, 5.41) is 3.50. The molecule has 0 aromatic heterocycles. The van der Waals surface area contributed by atoms with Crippen LogP contribution in [0.1, 0.15) is 32.1 Å². The second kappa shape index (κ2) is 6.41. The quantitative estimate of drug-likeness (QED) is 0.823. The van der Waals surface area contributed by atoms with Crippen LogP contribution in [0.15, 0.2) is 0 Å². The van der Waals surface area contributed by atoms with Gasteiger partial charge in [-0.3, -0.25) is 4.90 Å². The molecule has 3 nitrogen and oxygen atoms in total. The van der Waals surface area contributed by atoms with Crippen molar-refractivity contribution >= 4 is 0 Å². The molecule has 1 saturated heterocycles. The van der Waals surface area contributed by atoms with Gasteiger partial charge in [0.25, 0.3) is 0 Å². The van der Waals surface area contributed by atoms with E-state index in [0.717, 1.165) is 38.6 Å². The van der Waals surface area contributed by atoms with Crippen LogP contribution in [0.4, 0.5) is 13.2 Å². The molecule has 1 aliphatic heterocycles. The van der Waals surface area contributed by atoms with Gasteiger partial charge in [0.1, 0.15) is 0 Å². The van der Waals surface area contributed by atoms with Gasteiger partial charge >= 0.3 is 6.18 Å². The molecular formula is C13H24F3N3. The van der Waals surface area contributed by atoms with Gasteiger partial charge < -0.3 is 11.1 Å². The molecule has 0 aromatic rings. The zero-order chi connectivity index (χ0) is 13.9. The maximum Gasteiger partial charge on any atom is 0.401 e. The first kappa shape index (κ1) is 15.1. The molecule has 1 atom stereocenters. The predicted octanol–water partition coefficient (Wildman–Crippen LogP) is 1.73. The minimum absolute atomic E-state index is 0.340. The number of alkyl halides is 3. The fourth-order valence-electron chi connectivity index (χ4n) is 3.13. The standard InChI is InChI=1S/C13H24F3N3/c14-13(15,16)9-19-6-5-10(8-19)7-18-12-3-1-11(17)2-4-12/h10-12,18H,1-9,17H2. The lowest BCUT2D eigenvalue weighted by atomic mass is 9.91. The van der Waals surface area contributed by atoms with Crippen molar-refractivity contribution in [1.82, 2.24) is 10.2 Å². The van der Waals surface area contributed by atoms with E-state index in [1.807, 2.05) is 0 Å². The van der Waals surface area contributed by atoms with Crippen LogP contribution >= 0.6 is 0 Å². The van der Waals surface area contributed by atoms with E-state index in [1.165, 1.54) is 4.90 Å². The van der Waals surface area contributed by atoms with E-state index in [2.05, 4.69) is 5.32 Å². The van der Waals surface area contributed by atoms with Gasteiger partial charge in [-0.1, -0.05) is 0 Å². The Morgan fingerprint density at radius 1 is 1.11 bits per heavy atom. The van der Waals surface area contributed by atoms with Crippen molar-refractivity contribution in [3.05, 3.63) is 0 Å². The van der Waals surface area contributed by atoms with Crippen molar-refractivity contribution in [2.75, 3.05) is 26.2 Å². The van der Waals surface area contributed by atoms with Crippen molar-refractivity contribution in [1.29, 1.82) is 0 Å². The number of likely N-dealkylation sites (tertiary alicyclic amines) is 1. The number of rotatable bonds is 4. The zero-order valence-electron chi connectivity index (χ0n) is 11.3. The second-order valence-electron chi connectivity index (χ2n) is 6.02. The third-order valence-corrected chi connectivity index (χ3v) is 4.24. The van der Waals surface area contributed by atoms with Crippen molar-refractivity contribution in [3.63, 3.8) is 0 Å². The molecule has 112 valence electrons. The molecule has 3 N–H and O–H groups in total. The smallest absolute Gasteiger partial charge is 0.328 e. The van der Waals surface area contributed by atoms with Crippen LogP contribution in [0.5, 0.6) is 0 Å². The Morgan fingerprint density at radius 3 is 2.42 bits per heavy atom. The molecule has 0 amide bonds. The molecule has 2 fully saturated rings. The SMILES string of the molecule is NC1CCC(NCC2CCN(CC(F)(F)F)C2)CC1. The normalized spacial score (nSPS) is 33.8. The largest absolute Gasteiger partial charge is 0.401 e. The summed E-state index contributed by atoms with van der Waals surface area (Å²) < 4.78 is 36.8. The molecule has 0 radical (unpaired) electrons. The first-order valence-corrected chi connectivity index (χ1v) is 7.20. The monoisotopic (exact) mass is 279 g/mol. The van der Waals surface area contributed by atoms with Gasteiger partial charge in [0.2, 0.25) is 0 Å². The molecule has 1 saturated carbocycles. The van der Waals surface area contributed by atoms with Crippen LogP contribution in [-0.4, -0.2) is 49.3 Å². The van der Waals surface area contributed by atoms with Crippen molar-refractivity contribution < 1.29 is 13.2 Å². The van der Waals surface area contributed by atoms with Crippen molar-refractivity contribution in [2.24, 2.45) is 11.7 Å². The zero-order valence-corrected chi connectivity index (χ0v) is 11.3. The van der Waals surface area contributed by atoms with Gasteiger partial charge in [0, 0.05) is 18.6 Å². The van der Waals surface area contributed by atoms with Gasteiger partial charge in [0.05, 0.1) is 6.54 Å².